The lowest BCUT2D eigenvalue weighted by Crippen LogP contribution is -2.51. The number of allylic oxidation sites excluding steroid dienone is 1. The first kappa shape index (κ1) is 22.1. The van der Waals surface area contributed by atoms with E-state index < -0.39 is 0 Å². The summed E-state index contributed by atoms with van der Waals surface area (Å²) in [5.41, 5.74) is 2.32. The van der Waals surface area contributed by atoms with Gasteiger partial charge in [0.1, 0.15) is 0 Å². The van der Waals surface area contributed by atoms with E-state index in [-0.39, 0.29) is 5.41 Å². The second-order valence-corrected chi connectivity index (χ2v) is 12.9. The van der Waals surface area contributed by atoms with E-state index in [1.54, 1.807) is 0 Å². The molecule has 29 heavy (non-hydrogen) atoms. The van der Waals surface area contributed by atoms with Crippen molar-refractivity contribution in [3.63, 3.8) is 0 Å². The molecule has 0 bridgehead atoms. The predicted molar refractivity (Wildman–Crippen MR) is 126 cm³/mol. The van der Waals surface area contributed by atoms with Crippen molar-refractivity contribution in [1.82, 2.24) is 0 Å². The van der Waals surface area contributed by atoms with Crippen LogP contribution >= 0.6 is 15.9 Å². The highest BCUT2D eigenvalue weighted by Gasteiger charge is 2.59. The summed E-state index contributed by atoms with van der Waals surface area (Å²) in [4.78, 5) is 12.3. The van der Waals surface area contributed by atoms with Crippen molar-refractivity contribution < 1.29 is 4.79 Å². The van der Waals surface area contributed by atoms with Crippen molar-refractivity contribution in [2.45, 2.75) is 105 Å². The molecule has 164 valence electrons. The highest BCUT2D eigenvalue weighted by atomic mass is 79.9. The second-order valence-electron chi connectivity index (χ2n) is 12.1. The Morgan fingerprint density at radius 2 is 1.72 bits per heavy atom. The minimum absolute atomic E-state index is 0.276. The average molecular weight is 464 g/mol. The molecule has 7 atom stereocenters. The van der Waals surface area contributed by atoms with Crippen LogP contribution in [0, 0.1) is 46.3 Å². The lowest BCUT2D eigenvalue weighted by atomic mass is 9.46. The maximum Gasteiger partial charge on any atom is 0.169 e. The van der Waals surface area contributed by atoms with Crippen molar-refractivity contribution in [2.75, 3.05) is 0 Å². The third-order valence-electron chi connectivity index (χ3n) is 10.3. The molecule has 0 aromatic rings. The minimum Gasteiger partial charge on any atom is -0.294 e. The maximum atomic E-state index is 12.3. The Bertz CT molecular complexity index is 678. The Morgan fingerprint density at radius 1 is 0.966 bits per heavy atom. The van der Waals surface area contributed by atoms with Gasteiger partial charge in [0.05, 0.1) is 4.48 Å². The van der Waals surface area contributed by atoms with Gasteiger partial charge in [0, 0.05) is 6.42 Å². The molecule has 0 N–H and O–H groups in total. The van der Waals surface area contributed by atoms with E-state index >= 15 is 0 Å². The number of Topliss-reactive ketones (excluding diaryl/α,β-unsaturated/α-hetero) is 1. The first-order valence-corrected chi connectivity index (χ1v) is 13.4. The third kappa shape index (κ3) is 3.62. The van der Waals surface area contributed by atoms with E-state index in [0.717, 1.165) is 59.3 Å². The average Bonchev–Trinajstić information content (AvgIpc) is 3.02. The van der Waals surface area contributed by atoms with Crippen LogP contribution in [0.4, 0.5) is 0 Å². The summed E-state index contributed by atoms with van der Waals surface area (Å²) in [5, 5.41) is 0. The molecule has 1 nitrogen and oxygen atoms in total. The van der Waals surface area contributed by atoms with Crippen LogP contribution in [-0.4, -0.2) is 5.78 Å². The fraction of sp³-hybridized carbons (Fsp3) is 0.889. The molecular weight excluding hydrogens is 420 g/mol. The highest BCUT2D eigenvalue weighted by molar-refractivity contribution is 9.12. The molecule has 0 radical (unpaired) electrons. The van der Waals surface area contributed by atoms with Crippen LogP contribution in [0.15, 0.2) is 10.1 Å². The summed E-state index contributed by atoms with van der Waals surface area (Å²) in [6.07, 6.45) is 14.3. The Balaban J connectivity index is 1.52. The van der Waals surface area contributed by atoms with Crippen molar-refractivity contribution in [3.8, 4) is 0 Å². The summed E-state index contributed by atoms with van der Waals surface area (Å²) >= 11 is 3.71. The fourth-order valence-corrected chi connectivity index (χ4v) is 9.52. The first-order chi connectivity index (χ1) is 13.7. The molecule has 2 heteroatoms. The van der Waals surface area contributed by atoms with E-state index in [0.29, 0.717) is 11.2 Å². The van der Waals surface area contributed by atoms with Crippen LogP contribution in [0.2, 0.25) is 0 Å². The molecule has 0 aromatic carbocycles. The molecule has 3 saturated carbocycles. The first-order valence-electron chi connectivity index (χ1n) is 12.6. The summed E-state index contributed by atoms with van der Waals surface area (Å²) in [6, 6.07) is 0. The number of hydrogen-bond donors (Lipinski definition) is 0. The Morgan fingerprint density at radius 3 is 2.45 bits per heavy atom. The number of ketones is 1. The van der Waals surface area contributed by atoms with E-state index in [9.17, 15) is 4.79 Å². The number of hydrogen-bond acceptors (Lipinski definition) is 1. The number of carbonyl (C=O) groups is 1. The molecule has 4 aliphatic carbocycles. The van der Waals surface area contributed by atoms with Gasteiger partial charge < -0.3 is 0 Å². The Labute approximate surface area is 188 Å². The van der Waals surface area contributed by atoms with Gasteiger partial charge in [-0.25, -0.2) is 0 Å². The number of carbonyl (C=O) groups excluding carboxylic acids is 1. The van der Waals surface area contributed by atoms with Crippen LogP contribution < -0.4 is 0 Å². The number of halogens is 1. The van der Waals surface area contributed by atoms with Gasteiger partial charge in [0.2, 0.25) is 0 Å². The summed E-state index contributed by atoms with van der Waals surface area (Å²) in [7, 11) is 0. The SMILES string of the molecule is CC(C)CCCC(C)C1CCC2C3CCC4=C(Br)C(=O)CCC4(C)C3CCC12C. The molecule has 7 unspecified atom stereocenters. The lowest BCUT2D eigenvalue weighted by Gasteiger charge is -2.58. The number of rotatable bonds is 5. The monoisotopic (exact) mass is 462 g/mol. The van der Waals surface area contributed by atoms with Crippen molar-refractivity contribution in [2.24, 2.45) is 46.3 Å². The fourth-order valence-electron chi connectivity index (χ4n) is 8.67. The summed E-state index contributed by atoms with van der Waals surface area (Å²) in [5.74, 6) is 5.64. The van der Waals surface area contributed by atoms with Crippen molar-refractivity contribution in [3.05, 3.63) is 10.1 Å². The highest BCUT2D eigenvalue weighted by Crippen LogP contribution is 2.68. The van der Waals surface area contributed by atoms with Gasteiger partial charge in [-0.05, 0) is 113 Å². The Kier molecular flexibility index (Phi) is 6.17. The lowest BCUT2D eigenvalue weighted by molar-refractivity contribution is -0.118. The van der Waals surface area contributed by atoms with Crippen LogP contribution in [0.3, 0.4) is 0 Å². The smallest absolute Gasteiger partial charge is 0.169 e. The molecule has 0 aromatic heterocycles. The van der Waals surface area contributed by atoms with Gasteiger partial charge in [-0.3, -0.25) is 4.79 Å². The number of fused-ring (bicyclic) bond motifs is 5. The largest absolute Gasteiger partial charge is 0.294 e. The molecule has 3 fully saturated rings. The normalized spacial score (nSPS) is 43.2. The third-order valence-corrected chi connectivity index (χ3v) is 11.2. The van der Waals surface area contributed by atoms with Gasteiger partial charge in [-0.2, -0.15) is 0 Å². The zero-order chi connectivity index (χ0) is 21.0. The Hall–Kier alpha value is -0.110. The van der Waals surface area contributed by atoms with Crippen LogP contribution in [0.1, 0.15) is 105 Å². The minimum atomic E-state index is 0.276. The van der Waals surface area contributed by atoms with Crippen molar-refractivity contribution >= 4 is 21.7 Å². The summed E-state index contributed by atoms with van der Waals surface area (Å²) < 4.78 is 0.959. The van der Waals surface area contributed by atoms with Gasteiger partial charge in [0.15, 0.2) is 5.78 Å². The van der Waals surface area contributed by atoms with Crippen molar-refractivity contribution in [1.29, 1.82) is 0 Å². The molecular formula is C27H43BrO. The zero-order valence-corrected chi connectivity index (χ0v) is 21.1. The molecule has 0 spiro atoms. The molecule has 0 aliphatic heterocycles. The second kappa shape index (κ2) is 8.10. The van der Waals surface area contributed by atoms with Gasteiger partial charge >= 0.3 is 0 Å². The van der Waals surface area contributed by atoms with Gasteiger partial charge in [-0.15, -0.1) is 0 Å². The van der Waals surface area contributed by atoms with E-state index in [4.69, 9.17) is 0 Å². The van der Waals surface area contributed by atoms with Crippen LogP contribution in [0.25, 0.3) is 0 Å². The van der Waals surface area contributed by atoms with Gasteiger partial charge in [-0.1, -0.05) is 53.9 Å². The predicted octanol–water partition coefficient (Wildman–Crippen LogP) is 8.32. The van der Waals surface area contributed by atoms with E-state index in [2.05, 4.69) is 50.5 Å². The van der Waals surface area contributed by atoms with Crippen LogP contribution in [0.5, 0.6) is 0 Å². The molecule has 4 rings (SSSR count). The summed E-state index contributed by atoms with van der Waals surface area (Å²) in [6.45, 7) is 12.5. The van der Waals surface area contributed by atoms with Gasteiger partial charge in [0.25, 0.3) is 0 Å². The van der Waals surface area contributed by atoms with E-state index in [1.165, 1.54) is 56.9 Å². The molecule has 0 saturated heterocycles. The quantitative estimate of drug-likeness (QED) is 0.401. The molecule has 0 heterocycles. The molecule has 4 aliphatic rings. The zero-order valence-electron chi connectivity index (χ0n) is 19.5. The maximum absolute atomic E-state index is 12.3. The standard InChI is InChI=1S/C27H43BrO/c1-17(2)7-6-8-18(3)20-11-12-21-19-9-10-23-25(28)24(29)14-16-27(23,5)22(19)13-15-26(20,21)4/h17-22H,6-16H2,1-5H3. The topological polar surface area (TPSA) is 17.1 Å². The molecule has 0 amide bonds. The van der Waals surface area contributed by atoms with E-state index in [1.807, 2.05) is 0 Å². The van der Waals surface area contributed by atoms with Crippen LogP contribution in [-0.2, 0) is 4.79 Å².